The molecule has 0 unspecified atom stereocenters. The number of methoxy groups -OCH3 is 1. The number of hydrogen-bond acceptors (Lipinski definition) is 14. The van der Waals surface area contributed by atoms with Gasteiger partial charge in [-0.05, 0) is 72.9 Å². The average Bonchev–Trinajstić information content (AvgIpc) is 3.19. The van der Waals surface area contributed by atoms with Gasteiger partial charge in [0.05, 0.1) is 90.3 Å². The van der Waals surface area contributed by atoms with Crippen LogP contribution >= 0.6 is 12.2 Å². The SMILES string of the molecule is COc1ccc(S(=O)(=O)N(CC(N)=O)c2ccc(N(CC(N)=O)S(=O)(=O)c3ccc(S(=O)(=O)CCOCCOCCOCCN=C=S)cc3)c3ccccc23)cc1. The Bertz CT molecular complexity index is 2410. The van der Waals surface area contributed by atoms with E-state index in [-0.39, 0.29) is 56.7 Å². The number of carbonyl (C=O) groups excluding carboxylic acids is 2. The fourth-order valence-electron chi connectivity index (χ4n) is 5.39. The maximum Gasteiger partial charge on any atom is 0.264 e. The van der Waals surface area contributed by atoms with Crippen LogP contribution in [0.25, 0.3) is 10.8 Å². The van der Waals surface area contributed by atoms with E-state index in [1.165, 1.54) is 55.6 Å². The highest BCUT2D eigenvalue weighted by Gasteiger charge is 2.32. The van der Waals surface area contributed by atoms with Crippen LogP contribution in [-0.4, -0.2) is 114 Å². The van der Waals surface area contributed by atoms with E-state index in [0.717, 1.165) is 32.9 Å². The minimum absolute atomic E-state index is 0.0126. The van der Waals surface area contributed by atoms with Crippen molar-refractivity contribution in [2.75, 3.05) is 80.7 Å². The van der Waals surface area contributed by atoms with Gasteiger partial charge in [0.15, 0.2) is 9.84 Å². The van der Waals surface area contributed by atoms with Crippen molar-refractivity contribution >= 4 is 81.2 Å². The van der Waals surface area contributed by atoms with Gasteiger partial charge in [-0.3, -0.25) is 18.2 Å². The molecule has 0 aliphatic heterocycles. The highest BCUT2D eigenvalue weighted by molar-refractivity contribution is 7.93. The van der Waals surface area contributed by atoms with Crippen LogP contribution in [0.1, 0.15) is 0 Å². The number of hydrogen-bond donors (Lipinski definition) is 2. The van der Waals surface area contributed by atoms with Crippen LogP contribution in [0.4, 0.5) is 11.4 Å². The minimum Gasteiger partial charge on any atom is -0.497 e. The van der Waals surface area contributed by atoms with Crippen LogP contribution in [0.5, 0.6) is 5.75 Å². The predicted molar refractivity (Wildman–Crippen MR) is 215 cm³/mol. The topological polar surface area (TPSA) is 244 Å². The lowest BCUT2D eigenvalue weighted by Crippen LogP contribution is -2.39. The first-order valence-corrected chi connectivity index (χ1v) is 21.9. The summed E-state index contributed by atoms with van der Waals surface area (Å²) in [4.78, 5) is 27.6. The quantitative estimate of drug-likeness (QED) is 0.0584. The Hall–Kier alpha value is -4.99. The maximum absolute atomic E-state index is 14.2. The maximum atomic E-state index is 14.2. The fraction of sp³-hybridized carbons (Fsp3) is 0.306. The number of sulfonamides is 2. The van der Waals surface area contributed by atoms with E-state index in [2.05, 4.69) is 22.4 Å². The molecule has 17 nitrogen and oxygen atoms in total. The van der Waals surface area contributed by atoms with Crippen molar-refractivity contribution in [1.29, 1.82) is 0 Å². The first-order valence-electron chi connectivity index (χ1n) is 17.0. The van der Waals surface area contributed by atoms with Gasteiger partial charge < -0.3 is 30.4 Å². The van der Waals surface area contributed by atoms with Gasteiger partial charge in [0, 0.05) is 10.8 Å². The highest BCUT2D eigenvalue weighted by atomic mass is 32.2. The molecule has 21 heteroatoms. The molecule has 0 aliphatic rings. The molecule has 4 rings (SSSR count). The summed E-state index contributed by atoms with van der Waals surface area (Å²) in [6.45, 7) is 0.0350. The molecule has 0 saturated heterocycles. The Kier molecular flexibility index (Phi) is 16.0. The smallest absolute Gasteiger partial charge is 0.264 e. The number of amides is 2. The van der Waals surface area contributed by atoms with E-state index in [1.807, 2.05) is 0 Å². The van der Waals surface area contributed by atoms with Crippen LogP contribution in [0.2, 0.25) is 0 Å². The lowest BCUT2D eigenvalue weighted by atomic mass is 10.1. The van der Waals surface area contributed by atoms with Gasteiger partial charge in [-0.2, -0.15) is 0 Å². The van der Waals surface area contributed by atoms with Crippen molar-refractivity contribution in [2.45, 2.75) is 14.7 Å². The number of sulfone groups is 1. The second kappa shape index (κ2) is 20.4. The number of primary amides is 2. The molecule has 0 saturated carbocycles. The third-order valence-electron chi connectivity index (χ3n) is 8.08. The molecule has 0 fully saturated rings. The van der Waals surface area contributed by atoms with Crippen LogP contribution in [0, 0.1) is 0 Å². The van der Waals surface area contributed by atoms with Gasteiger partial charge in [0.1, 0.15) is 18.8 Å². The third kappa shape index (κ3) is 11.8. The van der Waals surface area contributed by atoms with E-state index in [1.54, 1.807) is 12.1 Å². The van der Waals surface area contributed by atoms with E-state index in [4.69, 9.17) is 30.4 Å². The molecule has 0 atom stereocenters. The molecular formula is C36H41N5O12S4. The van der Waals surface area contributed by atoms with Crippen molar-refractivity contribution in [3.63, 3.8) is 0 Å². The van der Waals surface area contributed by atoms with Gasteiger partial charge in [0.25, 0.3) is 20.0 Å². The monoisotopic (exact) mass is 863 g/mol. The summed E-state index contributed by atoms with van der Waals surface area (Å²) in [5.41, 5.74) is 10.9. The molecule has 0 aromatic heterocycles. The normalized spacial score (nSPS) is 11.8. The fourth-order valence-corrected chi connectivity index (χ4v) is 9.50. The van der Waals surface area contributed by atoms with Crippen LogP contribution in [0.15, 0.2) is 105 Å². The van der Waals surface area contributed by atoms with Crippen molar-refractivity contribution in [3.05, 3.63) is 84.9 Å². The Morgan fingerprint density at radius 2 is 1.05 bits per heavy atom. The lowest BCUT2D eigenvalue weighted by Gasteiger charge is -2.28. The third-order valence-corrected chi connectivity index (χ3v) is 13.5. The van der Waals surface area contributed by atoms with Crippen molar-refractivity contribution in [3.8, 4) is 5.75 Å². The summed E-state index contributed by atoms with van der Waals surface area (Å²) >= 11 is 4.47. The number of anilines is 2. The average molecular weight is 864 g/mol. The van der Waals surface area contributed by atoms with Gasteiger partial charge in [-0.15, -0.1) is 0 Å². The van der Waals surface area contributed by atoms with Crippen LogP contribution < -0.4 is 24.8 Å². The predicted octanol–water partition coefficient (Wildman–Crippen LogP) is 2.14. The highest BCUT2D eigenvalue weighted by Crippen LogP contribution is 2.38. The van der Waals surface area contributed by atoms with Gasteiger partial charge in [-0.25, -0.2) is 30.2 Å². The van der Waals surface area contributed by atoms with Crippen molar-refractivity contribution in [2.24, 2.45) is 16.5 Å². The van der Waals surface area contributed by atoms with Crippen molar-refractivity contribution < 1.29 is 53.8 Å². The molecule has 0 aliphatic carbocycles. The number of nitrogens with two attached hydrogens (primary N) is 2. The second-order valence-electron chi connectivity index (χ2n) is 11.9. The molecular weight excluding hydrogens is 823 g/mol. The van der Waals surface area contributed by atoms with Gasteiger partial charge in [-0.1, -0.05) is 24.3 Å². The van der Waals surface area contributed by atoms with Gasteiger partial charge in [0.2, 0.25) is 11.8 Å². The molecule has 306 valence electrons. The van der Waals surface area contributed by atoms with E-state index in [0.29, 0.717) is 32.1 Å². The standard InChI is InChI=1S/C36H41N5O12S4/c1-50-27-6-8-29(9-7-27)56(46,47)40(24-35(37)42)33-14-15-34(32-5-3-2-4-31(32)33)41(25-36(38)43)57(48,49)30-12-10-28(11-13-30)55(44,45)23-22-53-21-20-52-19-18-51-17-16-39-26-54/h2-15H,16-25H2,1H3,(H2,37,42)(H2,38,43). The molecule has 4 aromatic rings. The second-order valence-corrected chi connectivity index (χ2v) is 17.9. The van der Waals surface area contributed by atoms with E-state index in [9.17, 15) is 34.8 Å². The minimum atomic E-state index is -4.61. The van der Waals surface area contributed by atoms with Crippen LogP contribution in [0.3, 0.4) is 0 Å². The number of benzene rings is 4. The number of thiocarbonyl (C=S) groups is 1. The first kappa shape index (κ1) is 44.7. The first-order chi connectivity index (χ1) is 27.1. The van der Waals surface area contributed by atoms with Gasteiger partial charge >= 0.3 is 0 Å². The molecule has 0 radical (unpaired) electrons. The summed E-state index contributed by atoms with van der Waals surface area (Å²) in [7, 11) is -11.5. The Labute approximate surface area is 336 Å². The Morgan fingerprint density at radius 3 is 1.49 bits per heavy atom. The number of fused-ring (bicyclic) bond motifs is 1. The number of isothiocyanates is 1. The zero-order chi connectivity index (χ0) is 41.6. The Balaban J connectivity index is 1.56. The Morgan fingerprint density at radius 1 is 0.632 bits per heavy atom. The lowest BCUT2D eigenvalue weighted by molar-refractivity contribution is -0.117. The molecule has 0 heterocycles. The molecule has 2 amide bonds. The number of nitrogens with zero attached hydrogens (tertiary/aromatic N) is 3. The number of ether oxygens (including phenoxy) is 4. The summed E-state index contributed by atoms with van der Waals surface area (Å²) in [6.07, 6.45) is 0. The summed E-state index contributed by atoms with van der Waals surface area (Å²) < 4.78 is 105. The number of carbonyl (C=O) groups is 2. The molecule has 0 bridgehead atoms. The number of rotatable bonds is 24. The van der Waals surface area contributed by atoms with E-state index >= 15 is 0 Å². The number of aliphatic imine (C=N–C) groups is 1. The molecule has 57 heavy (non-hydrogen) atoms. The molecule has 0 spiro atoms. The van der Waals surface area contributed by atoms with Crippen LogP contribution in [-0.2, 0) is 53.7 Å². The zero-order valence-corrected chi connectivity index (χ0v) is 33.9. The van der Waals surface area contributed by atoms with E-state index < -0.39 is 60.5 Å². The summed E-state index contributed by atoms with van der Waals surface area (Å²) in [5.74, 6) is -1.99. The molecule has 4 N–H and O–H groups in total. The summed E-state index contributed by atoms with van der Waals surface area (Å²) in [6, 6.07) is 18.6. The van der Waals surface area contributed by atoms with Crippen molar-refractivity contribution in [1.82, 2.24) is 0 Å². The zero-order valence-electron chi connectivity index (χ0n) is 30.7. The largest absolute Gasteiger partial charge is 0.497 e. The summed E-state index contributed by atoms with van der Waals surface area (Å²) in [5, 5.41) is 2.59. The molecule has 4 aromatic carbocycles.